The summed E-state index contributed by atoms with van der Waals surface area (Å²) >= 11 is 0. The number of hydrogen-bond donors (Lipinski definition) is 2. The van der Waals surface area contributed by atoms with Crippen LogP contribution in [0.1, 0.15) is 16.8 Å². The molecule has 1 aromatic rings. The van der Waals surface area contributed by atoms with Crippen LogP contribution in [0.4, 0.5) is 5.69 Å². The fourth-order valence-electron chi connectivity index (χ4n) is 1.95. The van der Waals surface area contributed by atoms with Gasteiger partial charge < -0.3 is 36.1 Å². The van der Waals surface area contributed by atoms with E-state index in [-0.39, 0.29) is 88.7 Å². The van der Waals surface area contributed by atoms with Crippen LogP contribution in [0.2, 0.25) is 0 Å². The minimum absolute atomic E-state index is 0. The summed E-state index contributed by atoms with van der Waals surface area (Å²) in [6.45, 7) is -0.0347. The van der Waals surface area contributed by atoms with Gasteiger partial charge in [0.2, 0.25) is 0 Å². The van der Waals surface area contributed by atoms with E-state index in [0.29, 0.717) is 11.3 Å². The first kappa shape index (κ1) is 32.8. The Morgan fingerprint density at radius 3 is 2.10 bits per heavy atom. The van der Waals surface area contributed by atoms with Crippen LogP contribution in [0.3, 0.4) is 0 Å². The number of carboxylic acids is 2. The van der Waals surface area contributed by atoms with E-state index >= 15 is 0 Å². The average molecular weight is 437 g/mol. The van der Waals surface area contributed by atoms with Gasteiger partial charge in [-0.05, 0) is 42.5 Å². The Bertz CT molecular complexity index is 851. The van der Waals surface area contributed by atoms with Crippen LogP contribution in [-0.4, -0.2) is 46.8 Å². The molecule has 2 rings (SSSR count). The topological polar surface area (TPSA) is 214 Å². The number of aliphatic carboxylic acids is 2. The standard InChI is InChI=1S/C17H15N3O6.2Na.2H2O/c21-14-6-5-12(9-13(14)17(25)26)20-19-11-3-1-10(2-4-11)16(24)18-8-7-15(22)23;;;;/h1-6,9,19H,7-8H2,(H,18,24)(H,22,23)(H,25,26);;;2*1H2/q;2*+1;;/p-2/b20-12-;;;;. The van der Waals surface area contributed by atoms with Crippen molar-refractivity contribution in [3.8, 4) is 0 Å². The molecule has 1 aliphatic rings. The van der Waals surface area contributed by atoms with Gasteiger partial charge in [0, 0.05) is 30.1 Å². The Morgan fingerprint density at radius 2 is 1.57 bits per heavy atom. The van der Waals surface area contributed by atoms with Crippen molar-refractivity contribution in [1.82, 2.24) is 5.32 Å². The predicted octanol–water partition coefficient (Wildman–Crippen LogP) is -9.50. The van der Waals surface area contributed by atoms with Crippen LogP contribution in [0.5, 0.6) is 0 Å². The first-order chi connectivity index (χ1) is 12.4. The van der Waals surface area contributed by atoms with Crippen LogP contribution < -0.4 is 80.1 Å². The van der Waals surface area contributed by atoms with Gasteiger partial charge in [-0.2, -0.15) is 5.10 Å². The zero-order chi connectivity index (χ0) is 19.1. The van der Waals surface area contributed by atoms with E-state index in [2.05, 4.69) is 15.8 Å². The van der Waals surface area contributed by atoms with Crippen LogP contribution in [-0.2, 0) is 14.4 Å². The molecule has 0 saturated heterocycles. The van der Waals surface area contributed by atoms with Crippen molar-refractivity contribution < 1.29 is 99.5 Å². The number of benzene rings is 1. The second-order valence-electron chi connectivity index (χ2n) is 5.15. The second kappa shape index (κ2) is 15.9. The van der Waals surface area contributed by atoms with E-state index in [1.165, 1.54) is 18.2 Å². The molecule has 0 spiro atoms. The maximum Gasteiger partial charge on any atom is 1.00 e. The molecular formula is C17H17N3Na2O8. The Balaban J connectivity index is -0.00000182. The number of hydrazone groups is 1. The number of nitrogens with one attached hydrogen (secondary N) is 2. The van der Waals surface area contributed by atoms with E-state index in [0.717, 1.165) is 12.2 Å². The van der Waals surface area contributed by atoms with Gasteiger partial charge in [-0.1, -0.05) is 0 Å². The maximum absolute atomic E-state index is 11.8. The number of anilines is 1. The maximum atomic E-state index is 11.8. The number of ketones is 1. The fourth-order valence-corrected chi connectivity index (χ4v) is 1.95. The van der Waals surface area contributed by atoms with Gasteiger partial charge in [0.05, 0.1) is 17.4 Å². The molecule has 0 aliphatic heterocycles. The summed E-state index contributed by atoms with van der Waals surface area (Å²) in [5, 5.41) is 27.5. The van der Waals surface area contributed by atoms with Gasteiger partial charge in [-0.3, -0.25) is 15.0 Å². The monoisotopic (exact) mass is 437 g/mol. The zero-order valence-electron chi connectivity index (χ0n) is 16.4. The van der Waals surface area contributed by atoms with Crippen LogP contribution in [0, 0.1) is 0 Å². The Labute approximate surface area is 215 Å². The molecule has 150 valence electrons. The SMILES string of the molecule is O.O.O=C([O-])CCNC(=O)c1ccc(N/N=C2/C=CC(=O)C(C(=O)[O-])=C2)cc1.[Na+].[Na+]. The quantitative estimate of drug-likeness (QED) is 0.182. The van der Waals surface area contributed by atoms with E-state index in [4.69, 9.17) is 0 Å². The van der Waals surface area contributed by atoms with Gasteiger partial charge in [0.15, 0.2) is 5.78 Å². The number of rotatable bonds is 7. The van der Waals surface area contributed by atoms with Crippen molar-refractivity contribution in [3.63, 3.8) is 0 Å². The molecule has 1 aromatic carbocycles. The van der Waals surface area contributed by atoms with Crippen molar-refractivity contribution in [2.75, 3.05) is 12.0 Å². The van der Waals surface area contributed by atoms with Gasteiger partial charge in [0.25, 0.3) is 5.91 Å². The molecule has 0 fully saturated rings. The largest absolute Gasteiger partial charge is 1.00 e. The average Bonchev–Trinajstić information content (AvgIpc) is 2.60. The van der Waals surface area contributed by atoms with Gasteiger partial charge >= 0.3 is 59.1 Å². The van der Waals surface area contributed by atoms with Gasteiger partial charge in [-0.15, -0.1) is 0 Å². The molecule has 1 amide bonds. The molecule has 11 nitrogen and oxygen atoms in total. The third-order valence-corrected chi connectivity index (χ3v) is 3.26. The third-order valence-electron chi connectivity index (χ3n) is 3.26. The zero-order valence-corrected chi connectivity index (χ0v) is 20.4. The molecule has 6 N–H and O–H groups in total. The van der Waals surface area contributed by atoms with Crippen molar-refractivity contribution in [2.45, 2.75) is 6.42 Å². The van der Waals surface area contributed by atoms with Crippen molar-refractivity contribution in [3.05, 3.63) is 53.6 Å². The Kier molecular flexibility index (Phi) is 17.4. The van der Waals surface area contributed by atoms with Crippen LogP contribution in [0.25, 0.3) is 0 Å². The molecule has 0 aromatic heterocycles. The van der Waals surface area contributed by atoms with E-state index < -0.39 is 29.2 Å². The van der Waals surface area contributed by atoms with Crippen molar-refractivity contribution in [1.29, 1.82) is 0 Å². The Morgan fingerprint density at radius 1 is 0.967 bits per heavy atom. The molecule has 0 unspecified atom stereocenters. The summed E-state index contributed by atoms with van der Waals surface area (Å²) in [5.41, 5.74) is 3.22. The summed E-state index contributed by atoms with van der Waals surface area (Å²) in [6, 6.07) is 6.11. The van der Waals surface area contributed by atoms with E-state index in [1.807, 2.05) is 0 Å². The Hall–Kier alpha value is -1.83. The molecule has 0 saturated carbocycles. The molecule has 0 radical (unpaired) electrons. The minimum Gasteiger partial charge on any atom is -0.550 e. The number of hydrogen-bond acceptors (Lipinski definition) is 8. The van der Waals surface area contributed by atoms with Gasteiger partial charge in [-0.25, -0.2) is 0 Å². The summed E-state index contributed by atoms with van der Waals surface area (Å²) < 4.78 is 0. The smallest absolute Gasteiger partial charge is 0.550 e. The second-order valence-corrected chi connectivity index (χ2v) is 5.15. The van der Waals surface area contributed by atoms with E-state index in [1.54, 1.807) is 12.1 Å². The molecule has 0 bridgehead atoms. The number of amides is 1. The summed E-state index contributed by atoms with van der Waals surface area (Å²) in [5.74, 6) is -3.93. The van der Waals surface area contributed by atoms with Crippen LogP contribution in [0.15, 0.2) is 53.2 Å². The summed E-state index contributed by atoms with van der Waals surface area (Å²) in [7, 11) is 0. The minimum atomic E-state index is -1.58. The third kappa shape index (κ3) is 10.3. The predicted molar refractivity (Wildman–Crippen MR) is 93.9 cm³/mol. The summed E-state index contributed by atoms with van der Waals surface area (Å²) in [4.78, 5) is 44.2. The molecule has 0 heterocycles. The first-order valence-electron chi connectivity index (χ1n) is 7.44. The van der Waals surface area contributed by atoms with Crippen molar-refractivity contribution in [2.24, 2.45) is 5.10 Å². The molecule has 30 heavy (non-hydrogen) atoms. The number of carboxylic acid groups (broad SMARTS) is 2. The summed E-state index contributed by atoms with van der Waals surface area (Å²) in [6.07, 6.45) is 3.23. The molecule has 1 aliphatic carbocycles. The fraction of sp³-hybridized carbons (Fsp3) is 0.118. The molecular weight excluding hydrogens is 420 g/mol. The molecule has 13 heteroatoms. The van der Waals surface area contributed by atoms with Gasteiger partial charge in [0.1, 0.15) is 0 Å². The molecule has 0 atom stereocenters. The first-order valence-corrected chi connectivity index (χ1v) is 7.44. The number of carbonyl (C=O) groups excluding carboxylic acids is 4. The number of allylic oxidation sites excluding steroid dienone is 3. The number of nitrogens with zero attached hydrogens (tertiary/aromatic N) is 1. The normalized spacial score (nSPS) is 12.7. The van der Waals surface area contributed by atoms with Crippen molar-refractivity contribution >= 4 is 35.0 Å². The van der Waals surface area contributed by atoms with E-state index in [9.17, 15) is 29.4 Å². The number of carbonyl (C=O) groups is 4. The van der Waals surface area contributed by atoms with Crippen LogP contribution >= 0.6 is 0 Å².